The summed E-state index contributed by atoms with van der Waals surface area (Å²) >= 11 is 0. The molecule has 0 radical (unpaired) electrons. The van der Waals surface area contributed by atoms with Gasteiger partial charge in [0.15, 0.2) is 0 Å². The van der Waals surface area contributed by atoms with E-state index in [0.29, 0.717) is 0 Å². The summed E-state index contributed by atoms with van der Waals surface area (Å²) in [5.41, 5.74) is 2.23. The first-order valence-electron chi connectivity index (χ1n) is 5.63. The van der Waals surface area contributed by atoms with Crippen LogP contribution in [0.1, 0.15) is 17.7 Å². The highest BCUT2D eigenvalue weighted by Gasteiger charge is 2.45. The number of anilines is 1. The maximum absolute atomic E-state index is 4.64. The van der Waals surface area contributed by atoms with Crippen LogP contribution in [0.15, 0.2) is 18.7 Å². The maximum atomic E-state index is 4.64. The van der Waals surface area contributed by atoms with E-state index in [-0.39, 0.29) is 0 Å². The lowest BCUT2D eigenvalue weighted by Crippen LogP contribution is -2.23. The highest BCUT2D eigenvalue weighted by molar-refractivity contribution is 5.54. The van der Waals surface area contributed by atoms with Crippen molar-refractivity contribution in [1.29, 1.82) is 0 Å². The van der Waals surface area contributed by atoms with Crippen molar-refractivity contribution in [1.82, 2.24) is 4.98 Å². The van der Waals surface area contributed by atoms with E-state index in [4.69, 9.17) is 0 Å². The predicted molar refractivity (Wildman–Crippen MR) is 62.9 cm³/mol. The molecular weight excluding hydrogens is 184 g/mol. The molecule has 2 heteroatoms. The van der Waals surface area contributed by atoms with Crippen LogP contribution in [0.5, 0.6) is 0 Å². The van der Waals surface area contributed by atoms with Crippen LogP contribution in [0.2, 0.25) is 0 Å². The monoisotopic (exact) mass is 200 g/mol. The lowest BCUT2D eigenvalue weighted by Gasteiger charge is -2.19. The smallest absolute Gasteiger partial charge is 0.128 e. The van der Waals surface area contributed by atoms with Crippen molar-refractivity contribution in [2.24, 2.45) is 11.8 Å². The summed E-state index contributed by atoms with van der Waals surface area (Å²) in [6.07, 6.45) is 3.31. The van der Waals surface area contributed by atoms with E-state index in [2.05, 4.69) is 35.5 Å². The van der Waals surface area contributed by atoms with Crippen molar-refractivity contribution in [3.05, 3.63) is 30.0 Å². The van der Waals surface area contributed by atoms with Gasteiger partial charge in [0.2, 0.25) is 0 Å². The van der Waals surface area contributed by atoms with Crippen molar-refractivity contribution in [2.45, 2.75) is 13.3 Å². The molecule has 15 heavy (non-hydrogen) atoms. The zero-order valence-electron chi connectivity index (χ0n) is 9.11. The Labute approximate surface area is 90.6 Å². The molecule has 0 aromatic carbocycles. The second kappa shape index (κ2) is 3.09. The third-order valence-corrected chi connectivity index (χ3v) is 3.63. The second-order valence-corrected chi connectivity index (χ2v) is 4.71. The molecule has 1 saturated heterocycles. The van der Waals surface area contributed by atoms with Gasteiger partial charge in [0, 0.05) is 18.8 Å². The molecule has 3 rings (SSSR count). The van der Waals surface area contributed by atoms with Gasteiger partial charge in [-0.25, -0.2) is 4.98 Å². The third-order valence-electron chi connectivity index (χ3n) is 3.63. The number of nitrogens with zero attached hydrogens (tertiary/aromatic N) is 2. The molecule has 2 unspecified atom stereocenters. The van der Waals surface area contributed by atoms with E-state index in [0.717, 1.165) is 28.9 Å². The van der Waals surface area contributed by atoms with Crippen LogP contribution >= 0.6 is 0 Å². The summed E-state index contributed by atoms with van der Waals surface area (Å²) in [5, 5.41) is 0. The fourth-order valence-corrected chi connectivity index (χ4v) is 2.54. The Morgan fingerprint density at radius 2 is 2.13 bits per heavy atom. The van der Waals surface area contributed by atoms with Crippen LogP contribution in [-0.4, -0.2) is 18.1 Å². The van der Waals surface area contributed by atoms with Gasteiger partial charge in [-0.2, -0.15) is 0 Å². The van der Waals surface area contributed by atoms with Crippen molar-refractivity contribution in [3.8, 4) is 0 Å². The molecule has 2 aliphatic rings. The van der Waals surface area contributed by atoms with E-state index in [1.165, 1.54) is 19.5 Å². The summed E-state index contributed by atoms with van der Waals surface area (Å²) < 4.78 is 0. The molecule has 1 saturated carbocycles. The number of hydrogen-bond acceptors (Lipinski definition) is 2. The standard InChI is InChI=1S/C13H16N2/c1-3-10-4-5-13(14-9(10)2)15-7-11-6-12(11)8-15/h3-5,11-12H,1,6-8H2,2H3. The summed E-state index contributed by atoms with van der Waals surface area (Å²) in [5.74, 6) is 3.07. The van der Waals surface area contributed by atoms with Crippen LogP contribution in [0.4, 0.5) is 5.82 Å². The molecule has 78 valence electrons. The highest BCUT2D eigenvalue weighted by atomic mass is 15.2. The first-order valence-corrected chi connectivity index (χ1v) is 5.63. The van der Waals surface area contributed by atoms with Crippen molar-refractivity contribution in [3.63, 3.8) is 0 Å². The molecule has 0 amide bonds. The largest absolute Gasteiger partial charge is 0.356 e. The molecule has 0 bridgehead atoms. The molecule has 0 spiro atoms. The fourth-order valence-electron chi connectivity index (χ4n) is 2.54. The van der Waals surface area contributed by atoms with E-state index in [1.807, 2.05) is 6.08 Å². The zero-order chi connectivity index (χ0) is 10.4. The average Bonchev–Trinajstić information content (AvgIpc) is 2.86. The summed E-state index contributed by atoms with van der Waals surface area (Å²) in [6.45, 7) is 8.26. The molecule has 2 heterocycles. The topological polar surface area (TPSA) is 16.1 Å². The van der Waals surface area contributed by atoms with Crippen molar-refractivity contribution >= 4 is 11.9 Å². The first-order chi connectivity index (χ1) is 7.28. The van der Waals surface area contributed by atoms with Gasteiger partial charge in [0.1, 0.15) is 5.82 Å². The number of pyridine rings is 1. The minimum absolute atomic E-state index is 0.964. The normalized spacial score (nSPS) is 27.7. The Kier molecular flexibility index (Phi) is 1.84. The van der Waals surface area contributed by atoms with Crippen LogP contribution < -0.4 is 4.90 Å². The predicted octanol–water partition coefficient (Wildman–Crippen LogP) is 2.49. The minimum Gasteiger partial charge on any atom is -0.356 e. The Bertz CT molecular complexity index is 401. The summed E-state index contributed by atoms with van der Waals surface area (Å²) in [7, 11) is 0. The van der Waals surface area contributed by atoms with Crippen molar-refractivity contribution < 1.29 is 0 Å². The van der Waals surface area contributed by atoms with Gasteiger partial charge in [0.25, 0.3) is 0 Å². The van der Waals surface area contributed by atoms with Crippen LogP contribution in [-0.2, 0) is 0 Å². The SMILES string of the molecule is C=Cc1ccc(N2CC3CC3C2)nc1C. The average molecular weight is 200 g/mol. The zero-order valence-corrected chi connectivity index (χ0v) is 9.11. The third kappa shape index (κ3) is 1.44. The van der Waals surface area contributed by atoms with E-state index < -0.39 is 0 Å². The second-order valence-electron chi connectivity index (χ2n) is 4.71. The van der Waals surface area contributed by atoms with Gasteiger partial charge in [-0.15, -0.1) is 0 Å². The van der Waals surface area contributed by atoms with Gasteiger partial charge >= 0.3 is 0 Å². The Hall–Kier alpha value is -1.31. The number of rotatable bonds is 2. The molecule has 1 aliphatic carbocycles. The Morgan fingerprint density at radius 1 is 1.40 bits per heavy atom. The quantitative estimate of drug-likeness (QED) is 0.729. The van der Waals surface area contributed by atoms with Crippen molar-refractivity contribution in [2.75, 3.05) is 18.0 Å². The number of aromatic nitrogens is 1. The maximum Gasteiger partial charge on any atom is 0.128 e. The number of fused-ring (bicyclic) bond motifs is 1. The highest BCUT2D eigenvalue weighted by Crippen LogP contribution is 2.45. The number of hydrogen-bond donors (Lipinski definition) is 0. The lowest BCUT2D eigenvalue weighted by molar-refractivity contribution is 0.803. The van der Waals surface area contributed by atoms with E-state index in [9.17, 15) is 0 Å². The summed E-state index contributed by atoms with van der Waals surface area (Å²) in [6, 6.07) is 4.24. The Balaban J connectivity index is 1.86. The van der Waals surface area contributed by atoms with Crippen LogP contribution in [0.25, 0.3) is 6.08 Å². The molecule has 2 nitrogen and oxygen atoms in total. The molecule has 1 aromatic heterocycles. The lowest BCUT2D eigenvalue weighted by atomic mass is 10.2. The molecule has 2 atom stereocenters. The number of aryl methyl sites for hydroxylation is 1. The van der Waals surface area contributed by atoms with Gasteiger partial charge in [0.05, 0.1) is 0 Å². The molecule has 0 N–H and O–H groups in total. The van der Waals surface area contributed by atoms with E-state index in [1.54, 1.807) is 0 Å². The van der Waals surface area contributed by atoms with E-state index >= 15 is 0 Å². The van der Waals surface area contributed by atoms with Crippen LogP contribution in [0.3, 0.4) is 0 Å². The van der Waals surface area contributed by atoms with Gasteiger partial charge in [-0.1, -0.05) is 12.7 Å². The van der Waals surface area contributed by atoms with Crippen LogP contribution in [0, 0.1) is 18.8 Å². The first kappa shape index (κ1) is 8.96. The molecule has 1 aliphatic heterocycles. The van der Waals surface area contributed by atoms with Gasteiger partial charge in [-0.3, -0.25) is 0 Å². The summed E-state index contributed by atoms with van der Waals surface area (Å²) in [4.78, 5) is 7.05. The Morgan fingerprint density at radius 3 is 2.73 bits per heavy atom. The molecule has 1 aromatic rings. The molecule has 2 fully saturated rings. The number of piperidine rings is 1. The van der Waals surface area contributed by atoms with Gasteiger partial charge in [-0.05, 0) is 42.9 Å². The minimum atomic E-state index is 0.964. The van der Waals surface area contributed by atoms with Gasteiger partial charge < -0.3 is 4.90 Å². The fraction of sp³-hybridized carbons (Fsp3) is 0.462. The molecular formula is C13H16N2.